The van der Waals surface area contributed by atoms with Gasteiger partial charge in [-0.3, -0.25) is 0 Å². The third kappa shape index (κ3) is 4.53. The summed E-state index contributed by atoms with van der Waals surface area (Å²) in [5.41, 5.74) is 4.65. The monoisotopic (exact) mass is 469 g/mol. The molecule has 0 spiro atoms. The molecule has 0 aromatic heterocycles. The molecule has 1 aliphatic heterocycles. The zero-order valence-electron chi connectivity index (χ0n) is 20.6. The minimum absolute atomic E-state index is 0.0466. The Kier molecular flexibility index (Phi) is 6.52. The molecule has 1 heterocycles. The molecule has 0 saturated carbocycles. The molecule has 3 aromatic rings. The van der Waals surface area contributed by atoms with Gasteiger partial charge in [-0.05, 0) is 73.2 Å². The average Bonchev–Trinajstić information content (AvgIpc) is 2.88. The van der Waals surface area contributed by atoms with Crippen molar-refractivity contribution in [2.75, 3.05) is 20.1 Å². The number of nitrogens with zero attached hydrogens (tertiary/aromatic N) is 1. The molecule has 2 bridgehead atoms. The van der Waals surface area contributed by atoms with Crippen LogP contribution >= 0.6 is 0 Å². The van der Waals surface area contributed by atoms with Gasteiger partial charge in [0.05, 0.1) is 6.04 Å². The SMILES string of the molecule is C[C@H]1[C@H]2Cc3ccc(O)cc3C1(CCNC(=O)NC(c1ccccc1)c1ccccc1)CCN2C. The van der Waals surface area contributed by atoms with E-state index in [0.717, 1.165) is 36.9 Å². The van der Waals surface area contributed by atoms with E-state index >= 15 is 0 Å². The van der Waals surface area contributed by atoms with Gasteiger partial charge in [0, 0.05) is 18.0 Å². The maximum absolute atomic E-state index is 13.1. The molecular formula is C30H35N3O2. The Balaban J connectivity index is 1.32. The summed E-state index contributed by atoms with van der Waals surface area (Å²) < 4.78 is 0. The van der Waals surface area contributed by atoms with Crippen molar-refractivity contribution in [3.8, 4) is 5.75 Å². The number of carbonyl (C=O) groups is 1. The van der Waals surface area contributed by atoms with Crippen LogP contribution in [-0.4, -0.2) is 42.2 Å². The Labute approximate surface area is 208 Å². The molecule has 2 amide bonds. The first-order valence-corrected chi connectivity index (χ1v) is 12.6. The van der Waals surface area contributed by atoms with Gasteiger partial charge in [-0.25, -0.2) is 4.79 Å². The summed E-state index contributed by atoms with van der Waals surface area (Å²) in [6, 6.07) is 26.1. The largest absolute Gasteiger partial charge is 0.508 e. The second kappa shape index (κ2) is 9.74. The van der Waals surface area contributed by atoms with E-state index in [1.54, 1.807) is 6.07 Å². The molecule has 5 rings (SSSR count). The second-order valence-corrected chi connectivity index (χ2v) is 10.2. The van der Waals surface area contributed by atoms with Gasteiger partial charge in [0.25, 0.3) is 0 Å². The number of phenolic OH excluding ortho intramolecular Hbond substituents is 1. The number of rotatable bonds is 6. The number of fused-ring (bicyclic) bond motifs is 4. The lowest BCUT2D eigenvalue weighted by atomic mass is 9.56. The van der Waals surface area contributed by atoms with Crippen LogP contribution in [0.2, 0.25) is 0 Å². The molecule has 3 aromatic carbocycles. The molecule has 0 radical (unpaired) electrons. The molecular weight excluding hydrogens is 434 g/mol. The van der Waals surface area contributed by atoms with Crippen LogP contribution in [0.1, 0.15) is 48.1 Å². The summed E-state index contributed by atoms with van der Waals surface area (Å²) in [7, 11) is 2.22. The third-order valence-electron chi connectivity index (χ3n) is 8.38. The number of urea groups is 1. The highest BCUT2D eigenvalue weighted by atomic mass is 16.3. The van der Waals surface area contributed by atoms with Crippen molar-refractivity contribution < 1.29 is 9.90 Å². The lowest BCUT2D eigenvalue weighted by Crippen LogP contribution is -2.58. The zero-order chi connectivity index (χ0) is 24.4. The zero-order valence-corrected chi connectivity index (χ0v) is 20.6. The maximum Gasteiger partial charge on any atom is 0.315 e. The molecule has 3 atom stereocenters. The highest BCUT2D eigenvalue weighted by Crippen LogP contribution is 2.51. The molecule has 5 nitrogen and oxygen atoms in total. The van der Waals surface area contributed by atoms with Crippen LogP contribution in [-0.2, 0) is 11.8 Å². The number of phenols is 1. The van der Waals surface area contributed by atoms with Crippen molar-refractivity contribution >= 4 is 6.03 Å². The van der Waals surface area contributed by atoms with Gasteiger partial charge in [-0.1, -0.05) is 73.7 Å². The number of aromatic hydroxyl groups is 1. The average molecular weight is 470 g/mol. The summed E-state index contributed by atoms with van der Waals surface area (Å²) in [4.78, 5) is 15.6. The number of likely N-dealkylation sites (tertiary alicyclic amines) is 1. The molecule has 35 heavy (non-hydrogen) atoms. The summed E-state index contributed by atoms with van der Waals surface area (Å²) in [6.07, 6.45) is 2.89. The fourth-order valence-corrected chi connectivity index (χ4v) is 6.38. The fourth-order valence-electron chi connectivity index (χ4n) is 6.38. The summed E-state index contributed by atoms with van der Waals surface area (Å²) in [5, 5.41) is 16.6. The van der Waals surface area contributed by atoms with Crippen molar-refractivity contribution in [1.82, 2.24) is 15.5 Å². The Morgan fingerprint density at radius 2 is 1.71 bits per heavy atom. The summed E-state index contributed by atoms with van der Waals surface area (Å²) >= 11 is 0. The predicted molar refractivity (Wildman–Crippen MR) is 140 cm³/mol. The van der Waals surface area contributed by atoms with Gasteiger partial charge in [-0.15, -0.1) is 0 Å². The summed E-state index contributed by atoms with van der Waals surface area (Å²) in [6.45, 7) is 3.95. The molecule has 2 aliphatic rings. The Morgan fingerprint density at radius 3 is 2.37 bits per heavy atom. The van der Waals surface area contributed by atoms with E-state index in [9.17, 15) is 9.90 Å². The first-order chi connectivity index (χ1) is 17.0. The predicted octanol–water partition coefficient (Wildman–Crippen LogP) is 5.01. The van der Waals surface area contributed by atoms with E-state index in [1.165, 1.54) is 11.1 Å². The van der Waals surface area contributed by atoms with E-state index in [2.05, 4.69) is 35.6 Å². The summed E-state index contributed by atoms with van der Waals surface area (Å²) in [5.74, 6) is 0.772. The minimum Gasteiger partial charge on any atom is -0.508 e. The number of hydrogen-bond donors (Lipinski definition) is 3. The number of likely N-dealkylation sites (N-methyl/N-ethyl adjacent to an activating group) is 1. The van der Waals surface area contributed by atoms with Gasteiger partial charge in [-0.2, -0.15) is 0 Å². The Morgan fingerprint density at radius 1 is 1.06 bits per heavy atom. The molecule has 3 N–H and O–H groups in total. The van der Waals surface area contributed by atoms with Crippen molar-refractivity contribution in [2.45, 2.75) is 43.7 Å². The molecule has 1 aliphatic carbocycles. The van der Waals surface area contributed by atoms with E-state index in [0.29, 0.717) is 24.3 Å². The fraction of sp³-hybridized carbons (Fsp3) is 0.367. The van der Waals surface area contributed by atoms with Crippen molar-refractivity contribution in [3.63, 3.8) is 0 Å². The van der Waals surface area contributed by atoms with Crippen molar-refractivity contribution in [3.05, 3.63) is 101 Å². The third-order valence-corrected chi connectivity index (χ3v) is 8.38. The van der Waals surface area contributed by atoms with Gasteiger partial charge >= 0.3 is 6.03 Å². The second-order valence-electron chi connectivity index (χ2n) is 10.2. The van der Waals surface area contributed by atoms with Gasteiger partial charge in [0.1, 0.15) is 5.75 Å². The maximum atomic E-state index is 13.1. The van der Waals surface area contributed by atoms with E-state index < -0.39 is 0 Å². The van der Waals surface area contributed by atoms with E-state index in [-0.39, 0.29) is 17.5 Å². The quantitative estimate of drug-likeness (QED) is 0.476. The van der Waals surface area contributed by atoms with Gasteiger partial charge < -0.3 is 20.6 Å². The highest BCUT2D eigenvalue weighted by Gasteiger charge is 2.50. The first-order valence-electron chi connectivity index (χ1n) is 12.6. The minimum atomic E-state index is -0.213. The molecule has 182 valence electrons. The number of piperidine rings is 1. The number of nitrogens with one attached hydrogen (secondary N) is 2. The molecule has 1 unspecified atom stereocenters. The first kappa shape index (κ1) is 23.4. The topological polar surface area (TPSA) is 64.6 Å². The van der Waals surface area contributed by atoms with Crippen LogP contribution in [0, 0.1) is 5.92 Å². The smallest absolute Gasteiger partial charge is 0.315 e. The molecule has 1 saturated heterocycles. The number of benzene rings is 3. The van der Waals surface area contributed by atoms with Crippen LogP contribution < -0.4 is 10.6 Å². The van der Waals surface area contributed by atoms with E-state index in [4.69, 9.17) is 0 Å². The van der Waals surface area contributed by atoms with Crippen LogP contribution in [0.15, 0.2) is 78.9 Å². The van der Waals surface area contributed by atoms with Crippen LogP contribution in [0.25, 0.3) is 0 Å². The number of carbonyl (C=O) groups excluding carboxylic acids is 1. The van der Waals surface area contributed by atoms with Crippen LogP contribution in [0.5, 0.6) is 5.75 Å². The Hall–Kier alpha value is -3.31. The number of hydrogen-bond acceptors (Lipinski definition) is 3. The van der Waals surface area contributed by atoms with Crippen LogP contribution in [0.4, 0.5) is 4.79 Å². The Bertz CT molecular complexity index is 1130. The van der Waals surface area contributed by atoms with Crippen LogP contribution in [0.3, 0.4) is 0 Å². The normalized spacial score (nSPS) is 23.5. The van der Waals surface area contributed by atoms with E-state index in [1.807, 2.05) is 66.7 Å². The molecule has 1 fully saturated rings. The van der Waals surface area contributed by atoms with Gasteiger partial charge in [0.15, 0.2) is 0 Å². The molecule has 5 heteroatoms. The van der Waals surface area contributed by atoms with Crippen molar-refractivity contribution in [1.29, 1.82) is 0 Å². The standard InChI is InChI=1S/C30H35N3O2/c1-21-27-19-24-13-14-25(34)20-26(24)30(21,16-18-33(27)2)15-17-31-29(35)32-28(22-9-5-3-6-10-22)23-11-7-4-8-12-23/h3-14,20-21,27-28,34H,15-19H2,1-2H3,(H2,31,32,35)/t21-,27+,30?/m0/s1. The van der Waals surface area contributed by atoms with Crippen molar-refractivity contribution in [2.24, 2.45) is 5.92 Å². The lowest BCUT2D eigenvalue weighted by molar-refractivity contribution is 0.0363. The highest BCUT2D eigenvalue weighted by molar-refractivity contribution is 5.75. The lowest BCUT2D eigenvalue weighted by Gasteiger charge is -2.55. The van der Waals surface area contributed by atoms with Gasteiger partial charge in [0.2, 0.25) is 0 Å². The number of amides is 2.